The molecular weight excluding hydrogens is 537 g/mol. The molecule has 3 rings (SSSR count). The second-order valence-corrected chi connectivity index (χ2v) is 7.26. The highest BCUT2D eigenvalue weighted by Crippen LogP contribution is 2.38. The Morgan fingerprint density at radius 3 is 2.15 bits per heavy atom. The van der Waals surface area contributed by atoms with Gasteiger partial charge in [-0.1, -0.05) is 0 Å². The molecule has 0 atom stereocenters. The van der Waals surface area contributed by atoms with Crippen molar-refractivity contribution in [2.24, 2.45) is 4.99 Å². The van der Waals surface area contributed by atoms with E-state index in [9.17, 15) is 0 Å². The maximum Gasteiger partial charge on any atom is 0.225 e. The summed E-state index contributed by atoms with van der Waals surface area (Å²) in [6, 6.07) is 5.70. The Balaban J connectivity index is 0.00000385. The molecule has 182 valence electrons. The zero-order valence-corrected chi connectivity index (χ0v) is 22.0. The zero-order valence-electron chi connectivity index (χ0n) is 19.7. The monoisotopic (exact) mass is 571 g/mol. The molecule has 1 aromatic heterocycles. The van der Waals surface area contributed by atoms with Crippen LogP contribution in [0.25, 0.3) is 0 Å². The first-order chi connectivity index (χ1) is 15.7. The van der Waals surface area contributed by atoms with Crippen LogP contribution in [0.5, 0.6) is 17.2 Å². The number of ether oxygens (including phenoxy) is 3. The fourth-order valence-electron chi connectivity index (χ4n) is 3.60. The number of piperazine rings is 1. The highest BCUT2D eigenvalue weighted by Gasteiger charge is 2.18. The Hall–Kier alpha value is -2.54. The molecule has 0 radical (unpaired) electrons. The number of nitrogens with zero attached hydrogens (tertiary/aromatic N) is 5. The van der Waals surface area contributed by atoms with Crippen LogP contribution in [0.15, 0.2) is 35.6 Å². The summed E-state index contributed by atoms with van der Waals surface area (Å²) in [5.41, 5.74) is 1.00. The molecule has 0 bridgehead atoms. The lowest BCUT2D eigenvalue weighted by Crippen LogP contribution is -2.49. The predicted molar refractivity (Wildman–Crippen MR) is 140 cm³/mol. The maximum atomic E-state index is 5.42. The van der Waals surface area contributed by atoms with Gasteiger partial charge < -0.3 is 29.7 Å². The van der Waals surface area contributed by atoms with Crippen molar-refractivity contribution < 1.29 is 14.2 Å². The van der Waals surface area contributed by atoms with Gasteiger partial charge in [0.2, 0.25) is 11.7 Å². The summed E-state index contributed by atoms with van der Waals surface area (Å²) >= 11 is 0. The molecule has 2 N–H and O–H groups in total. The summed E-state index contributed by atoms with van der Waals surface area (Å²) in [4.78, 5) is 17.6. The van der Waals surface area contributed by atoms with Gasteiger partial charge in [0.1, 0.15) is 0 Å². The van der Waals surface area contributed by atoms with Gasteiger partial charge in [0.25, 0.3) is 0 Å². The summed E-state index contributed by atoms with van der Waals surface area (Å²) in [6.45, 7) is 6.14. The number of methoxy groups -OCH3 is 3. The fraction of sp³-hybridized carbons (Fsp3) is 0.500. The normalized spacial score (nSPS) is 14.3. The van der Waals surface area contributed by atoms with E-state index in [-0.39, 0.29) is 24.0 Å². The van der Waals surface area contributed by atoms with Crippen molar-refractivity contribution in [2.75, 3.05) is 72.5 Å². The van der Waals surface area contributed by atoms with Gasteiger partial charge in [-0.15, -0.1) is 24.0 Å². The number of aromatic nitrogens is 2. The Labute approximate surface area is 212 Å². The molecule has 33 heavy (non-hydrogen) atoms. The van der Waals surface area contributed by atoms with Gasteiger partial charge in [-0.2, -0.15) is 0 Å². The maximum absolute atomic E-state index is 5.42. The van der Waals surface area contributed by atoms with Gasteiger partial charge in [-0.05, 0) is 23.8 Å². The van der Waals surface area contributed by atoms with E-state index in [2.05, 4.69) is 35.4 Å². The summed E-state index contributed by atoms with van der Waals surface area (Å²) in [6.07, 6.45) is 3.57. The minimum absolute atomic E-state index is 0. The topological polar surface area (TPSA) is 96.4 Å². The van der Waals surface area contributed by atoms with Crippen molar-refractivity contribution >= 4 is 35.9 Å². The highest BCUT2D eigenvalue weighted by molar-refractivity contribution is 14.0. The molecule has 1 aliphatic rings. The molecule has 1 aliphatic heterocycles. The highest BCUT2D eigenvalue weighted by atomic mass is 127. The number of anilines is 1. The first-order valence-corrected chi connectivity index (χ1v) is 10.7. The van der Waals surface area contributed by atoms with Crippen LogP contribution in [0.1, 0.15) is 5.56 Å². The fourth-order valence-corrected chi connectivity index (χ4v) is 3.60. The van der Waals surface area contributed by atoms with Crippen LogP contribution in [0.4, 0.5) is 5.95 Å². The molecule has 0 amide bonds. The summed E-state index contributed by atoms with van der Waals surface area (Å²) in [5.74, 6) is 3.40. The van der Waals surface area contributed by atoms with Crippen LogP contribution < -0.4 is 29.7 Å². The SMILES string of the molecule is CN=C(NCCN1CCN(c2ncccn2)CC1)NCc1cc(OC)c(OC)c(OC)c1.I. The lowest BCUT2D eigenvalue weighted by Gasteiger charge is -2.34. The molecule has 10 nitrogen and oxygen atoms in total. The van der Waals surface area contributed by atoms with Crippen molar-refractivity contribution in [2.45, 2.75) is 6.54 Å². The van der Waals surface area contributed by atoms with E-state index in [0.717, 1.165) is 56.7 Å². The molecule has 0 unspecified atom stereocenters. The molecular formula is C22H34IN7O3. The average molecular weight is 571 g/mol. The van der Waals surface area contributed by atoms with E-state index in [4.69, 9.17) is 14.2 Å². The quantitative estimate of drug-likeness (QED) is 0.265. The molecule has 1 fully saturated rings. The molecule has 2 heterocycles. The summed E-state index contributed by atoms with van der Waals surface area (Å²) in [5, 5.41) is 6.72. The van der Waals surface area contributed by atoms with E-state index >= 15 is 0 Å². The number of halogens is 1. The lowest BCUT2D eigenvalue weighted by molar-refractivity contribution is 0.260. The molecule has 11 heteroatoms. The standard InChI is InChI=1S/C22H33N7O3.HI/c1-23-21(27-16-17-14-18(30-2)20(32-4)19(15-17)31-3)24-8-9-28-10-12-29(13-11-28)22-25-6-5-7-26-22;/h5-7,14-15H,8-13,16H2,1-4H3,(H2,23,24,27);1H. The first-order valence-electron chi connectivity index (χ1n) is 10.7. The average Bonchev–Trinajstić information content (AvgIpc) is 2.86. The Kier molecular flexibility index (Phi) is 11.2. The number of hydrogen-bond acceptors (Lipinski definition) is 8. The van der Waals surface area contributed by atoms with Crippen molar-refractivity contribution in [1.29, 1.82) is 0 Å². The molecule has 1 aromatic carbocycles. The third kappa shape index (κ3) is 7.49. The van der Waals surface area contributed by atoms with Crippen molar-refractivity contribution in [1.82, 2.24) is 25.5 Å². The minimum atomic E-state index is 0. The number of aliphatic imine (C=N–C) groups is 1. The largest absolute Gasteiger partial charge is 0.493 e. The van der Waals surface area contributed by atoms with Crippen LogP contribution in [0.3, 0.4) is 0 Å². The van der Waals surface area contributed by atoms with Crippen molar-refractivity contribution in [3.63, 3.8) is 0 Å². The van der Waals surface area contributed by atoms with Gasteiger partial charge in [-0.3, -0.25) is 9.89 Å². The van der Waals surface area contributed by atoms with Gasteiger partial charge >= 0.3 is 0 Å². The van der Waals surface area contributed by atoms with Crippen LogP contribution in [0, 0.1) is 0 Å². The summed E-state index contributed by atoms with van der Waals surface area (Å²) in [7, 11) is 6.59. The van der Waals surface area contributed by atoms with Gasteiger partial charge in [0.05, 0.1) is 21.3 Å². The smallest absolute Gasteiger partial charge is 0.225 e. The molecule has 1 saturated heterocycles. The summed E-state index contributed by atoms with van der Waals surface area (Å²) < 4.78 is 16.2. The molecule has 0 aliphatic carbocycles. The zero-order chi connectivity index (χ0) is 22.8. The van der Waals surface area contributed by atoms with Crippen LogP contribution in [0.2, 0.25) is 0 Å². The van der Waals surface area contributed by atoms with E-state index < -0.39 is 0 Å². The van der Waals surface area contributed by atoms with Gasteiger partial charge in [0, 0.05) is 65.3 Å². The van der Waals surface area contributed by atoms with Crippen molar-refractivity contribution in [3.05, 3.63) is 36.2 Å². The number of hydrogen-bond donors (Lipinski definition) is 2. The lowest BCUT2D eigenvalue weighted by atomic mass is 10.2. The van der Waals surface area contributed by atoms with Gasteiger partial charge in [0.15, 0.2) is 17.5 Å². The second-order valence-electron chi connectivity index (χ2n) is 7.26. The second kappa shape index (κ2) is 13.9. The van der Waals surface area contributed by atoms with Crippen LogP contribution in [-0.4, -0.2) is 88.5 Å². The number of guanidine groups is 1. The van der Waals surface area contributed by atoms with Crippen LogP contribution >= 0.6 is 24.0 Å². The third-order valence-electron chi connectivity index (χ3n) is 5.34. The Morgan fingerprint density at radius 2 is 1.61 bits per heavy atom. The van der Waals surface area contributed by atoms with E-state index in [1.165, 1.54) is 0 Å². The molecule has 0 spiro atoms. The molecule has 2 aromatic rings. The van der Waals surface area contributed by atoms with E-state index in [1.54, 1.807) is 40.8 Å². The van der Waals surface area contributed by atoms with E-state index in [1.807, 2.05) is 18.2 Å². The minimum Gasteiger partial charge on any atom is -0.493 e. The number of nitrogens with one attached hydrogen (secondary N) is 2. The first kappa shape index (κ1) is 26.7. The van der Waals surface area contributed by atoms with E-state index in [0.29, 0.717) is 23.8 Å². The number of benzene rings is 1. The Bertz CT molecular complexity index is 853. The third-order valence-corrected chi connectivity index (χ3v) is 5.34. The van der Waals surface area contributed by atoms with Crippen LogP contribution in [-0.2, 0) is 6.54 Å². The predicted octanol–water partition coefficient (Wildman–Crippen LogP) is 1.61. The Morgan fingerprint density at radius 1 is 0.970 bits per heavy atom. The molecule has 0 saturated carbocycles. The number of rotatable bonds is 9. The van der Waals surface area contributed by atoms with Crippen molar-refractivity contribution in [3.8, 4) is 17.2 Å². The van der Waals surface area contributed by atoms with Gasteiger partial charge in [-0.25, -0.2) is 9.97 Å².